The number of hydrogen-bond acceptors (Lipinski definition) is 3. The van der Waals surface area contributed by atoms with E-state index in [0.29, 0.717) is 11.1 Å². The van der Waals surface area contributed by atoms with Gasteiger partial charge < -0.3 is 4.90 Å². The van der Waals surface area contributed by atoms with Crippen molar-refractivity contribution in [2.45, 2.75) is 20.4 Å². The highest BCUT2D eigenvalue weighted by atomic mass is 35.5. The van der Waals surface area contributed by atoms with Crippen LogP contribution in [0.15, 0.2) is 18.3 Å². The van der Waals surface area contributed by atoms with E-state index in [-0.39, 0.29) is 0 Å². The third kappa shape index (κ3) is 6.34. The highest BCUT2D eigenvalue weighted by molar-refractivity contribution is 6.29. The normalized spacial score (nSPS) is 11.8. The maximum atomic E-state index is 5.92. The van der Waals surface area contributed by atoms with E-state index < -0.39 is 0 Å². The minimum absolute atomic E-state index is 0.574. The van der Waals surface area contributed by atoms with Crippen molar-refractivity contribution in [1.82, 2.24) is 14.8 Å². The Hall–Kier alpha value is -0.640. The summed E-state index contributed by atoms with van der Waals surface area (Å²) in [5, 5.41) is 0.574. The highest BCUT2D eigenvalue weighted by Crippen LogP contribution is 2.11. The van der Waals surface area contributed by atoms with Crippen molar-refractivity contribution in [3.63, 3.8) is 0 Å². The lowest BCUT2D eigenvalue weighted by atomic mass is 10.2. The van der Waals surface area contributed by atoms with Crippen molar-refractivity contribution in [3.8, 4) is 0 Å². The monoisotopic (exact) mass is 269 g/mol. The SMILES string of the molecule is CC(C)CN(CCN(C)C)Cc1ccnc(Cl)c1. The molecule has 4 heteroatoms. The van der Waals surface area contributed by atoms with Gasteiger partial charge in [-0.05, 0) is 37.7 Å². The molecular weight excluding hydrogens is 246 g/mol. The molecule has 18 heavy (non-hydrogen) atoms. The molecule has 0 amide bonds. The van der Waals surface area contributed by atoms with E-state index in [1.807, 2.05) is 12.1 Å². The summed E-state index contributed by atoms with van der Waals surface area (Å²) in [6, 6.07) is 3.99. The maximum Gasteiger partial charge on any atom is 0.129 e. The molecule has 0 unspecified atom stereocenters. The average molecular weight is 270 g/mol. The predicted molar refractivity (Wildman–Crippen MR) is 77.9 cm³/mol. The van der Waals surface area contributed by atoms with Crippen molar-refractivity contribution < 1.29 is 0 Å². The van der Waals surface area contributed by atoms with E-state index in [0.717, 1.165) is 26.2 Å². The maximum absolute atomic E-state index is 5.92. The van der Waals surface area contributed by atoms with Crippen LogP contribution in [0.3, 0.4) is 0 Å². The van der Waals surface area contributed by atoms with Gasteiger partial charge in [0.25, 0.3) is 0 Å². The van der Waals surface area contributed by atoms with Crippen LogP contribution in [0.5, 0.6) is 0 Å². The van der Waals surface area contributed by atoms with Gasteiger partial charge in [0, 0.05) is 32.4 Å². The molecule has 0 aliphatic heterocycles. The molecule has 0 aliphatic rings. The van der Waals surface area contributed by atoms with Crippen molar-refractivity contribution >= 4 is 11.6 Å². The Morgan fingerprint density at radius 1 is 1.28 bits per heavy atom. The van der Waals surface area contributed by atoms with Crippen LogP contribution in [-0.4, -0.2) is 48.5 Å². The summed E-state index contributed by atoms with van der Waals surface area (Å²) >= 11 is 5.92. The number of pyridine rings is 1. The summed E-state index contributed by atoms with van der Waals surface area (Å²) in [5.41, 5.74) is 1.23. The number of nitrogens with zero attached hydrogens (tertiary/aromatic N) is 3. The molecular formula is C14H24ClN3. The molecule has 1 heterocycles. The molecule has 0 radical (unpaired) electrons. The van der Waals surface area contributed by atoms with Gasteiger partial charge in [-0.3, -0.25) is 4.90 Å². The first-order valence-corrected chi connectivity index (χ1v) is 6.82. The van der Waals surface area contributed by atoms with Gasteiger partial charge in [0.15, 0.2) is 0 Å². The van der Waals surface area contributed by atoms with E-state index in [9.17, 15) is 0 Å². The molecule has 0 saturated heterocycles. The fraction of sp³-hybridized carbons (Fsp3) is 0.643. The second-order valence-electron chi connectivity index (χ2n) is 5.42. The summed E-state index contributed by atoms with van der Waals surface area (Å²) in [5.74, 6) is 0.671. The fourth-order valence-electron chi connectivity index (χ4n) is 1.89. The van der Waals surface area contributed by atoms with Crippen molar-refractivity contribution in [1.29, 1.82) is 0 Å². The van der Waals surface area contributed by atoms with Gasteiger partial charge in [-0.2, -0.15) is 0 Å². The molecule has 0 saturated carbocycles. The zero-order valence-electron chi connectivity index (χ0n) is 11.9. The smallest absolute Gasteiger partial charge is 0.129 e. The van der Waals surface area contributed by atoms with Crippen LogP contribution in [0.4, 0.5) is 0 Å². The van der Waals surface area contributed by atoms with E-state index in [1.165, 1.54) is 5.56 Å². The Kier molecular flexibility index (Phi) is 6.61. The zero-order valence-corrected chi connectivity index (χ0v) is 12.6. The first kappa shape index (κ1) is 15.4. The molecule has 1 aromatic rings. The standard InChI is InChI=1S/C14H24ClN3/c1-12(2)10-18(8-7-17(3)4)11-13-5-6-16-14(15)9-13/h5-6,9,12H,7-8,10-11H2,1-4H3. The molecule has 0 fully saturated rings. The number of halogens is 1. The molecule has 0 aliphatic carbocycles. The van der Waals surface area contributed by atoms with Gasteiger partial charge in [-0.25, -0.2) is 4.98 Å². The summed E-state index contributed by atoms with van der Waals surface area (Å²) in [7, 11) is 4.22. The van der Waals surface area contributed by atoms with E-state index >= 15 is 0 Å². The Bertz CT molecular complexity index is 353. The third-order valence-corrected chi connectivity index (χ3v) is 2.89. The highest BCUT2D eigenvalue weighted by Gasteiger charge is 2.09. The summed E-state index contributed by atoms with van der Waals surface area (Å²) in [4.78, 5) is 8.70. The van der Waals surface area contributed by atoms with Crippen LogP contribution >= 0.6 is 11.6 Å². The first-order chi connectivity index (χ1) is 8.47. The number of aromatic nitrogens is 1. The summed E-state index contributed by atoms with van der Waals surface area (Å²) in [6.45, 7) is 8.70. The second-order valence-corrected chi connectivity index (χ2v) is 5.81. The summed E-state index contributed by atoms with van der Waals surface area (Å²) in [6.07, 6.45) is 1.77. The van der Waals surface area contributed by atoms with E-state index in [1.54, 1.807) is 6.20 Å². The first-order valence-electron chi connectivity index (χ1n) is 6.45. The van der Waals surface area contributed by atoms with Crippen molar-refractivity contribution in [2.75, 3.05) is 33.7 Å². The summed E-state index contributed by atoms with van der Waals surface area (Å²) < 4.78 is 0. The second kappa shape index (κ2) is 7.72. The predicted octanol–water partition coefficient (Wildman–Crippen LogP) is 2.75. The minimum atomic E-state index is 0.574. The zero-order chi connectivity index (χ0) is 13.5. The molecule has 0 N–H and O–H groups in total. The van der Waals surface area contributed by atoms with Gasteiger partial charge >= 0.3 is 0 Å². The Labute approximate surface area is 116 Å². The van der Waals surface area contributed by atoms with E-state index in [2.05, 4.69) is 42.7 Å². The Balaban J connectivity index is 2.59. The molecule has 0 bridgehead atoms. The number of likely N-dealkylation sites (N-methyl/N-ethyl adjacent to an activating group) is 1. The van der Waals surface area contributed by atoms with Crippen molar-refractivity contribution in [2.24, 2.45) is 5.92 Å². The van der Waals surface area contributed by atoms with Crippen LogP contribution < -0.4 is 0 Å². The van der Waals surface area contributed by atoms with Crippen LogP contribution in [0.25, 0.3) is 0 Å². The van der Waals surface area contributed by atoms with Crippen molar-refractivity contribution in [3.05, 3.63) is 29.0 Å². The van der Waals surface area contributed by atoms with Gasteiger partial charge in [0.1, 0.15) is 5.15 Å². The van der Waals surface area contributed by atoms with E-state index in [4.69, 9.17) is 11.6 Å². The molecule has 3 nitrogen and oxygen atoms in total. The van der Waals surface area contributed by atoms with Crippen LogP contribution in [0, 0.1) is 5.92 Å². The molecule has 0 aromatic carbocycles. The molecule has 0 spiro atoms. The van der Waals surface area contributed by atoms with Crippen LogP contribution in [0.2, 0.25) is 5.15 Å². The topological polar surface area (TPSA) is 19.4 Å². The molecule has 102 valence electrons. The van der Waals surface area contributed by atoms with Gasteiger partial charge in [-0.15, -0.1) is 0 Å². The largest absolute Gasteiger partial charge is 0.308 e. The molecule has 1 rings (SSSR count). The van der Waals surface area contributed by atoms with Gasteiger partial charge in [0.2, 0.25) is 0 Å². The third-order valence-electron chi connectivity index (χ3n) is 2.68. The Morgan fingerprint density at radius 2 is 2.00 bits per heavy atom. The van der Waals surface area contributed by atoms with Crippen LogP contribution in [0.1, 0.15) is 19.4 Å². The molecule has 1 aromatic heterocycles. The Morgan fingerprint density at radius 3 is 2.56 bits per heavy atom. The average Bonchev–Trinajstić information content (AvgIpc) is 2.25. The fourth-order valence-corrected chi connectivity index (χ4v) is 2.09. The lowest BCUT2D eigenvalue weighted by Gasteiger charge is -2.25. The van der Waals surface area contributed by atoms with Gasteiger partial charge in [-0.1, -0.05) is 25.4 Å². The van der Waals surface area contributed by atoms with Gasteiger partial charge in [0.05, 0.1) is 0 Å². The molecule has 0 atom stereocenters. The number of rotatable bonds is 7. The quantitative estimate of drug-likeness (QED) is 0.710. The minimum Gasteiger partial charge on any atom is -0.308 e. The lowest BCUT2D eigenvalue weighted by Crippen LogP contribution is -2.34. The lowest BCUT2D eigenvalue weighted by molar-refractivity contribution is 0.211. The number of hydrogen-bond donors (Lipinski definition) is 0. The van der Waals surface area contributed by atoms with Crippen LogP contribution in [-0.2, 0) is 6.54 Å².